The van der Waals surface area contributed by atoms with Crippen LogP contribution in [0, 0.1) is 0 Å². The summed E-state index contributed by atoms with van der Waals surface area (Å²) < 4.78 is 11.3. The molecule has 0 aliphatic heterocycles. The molecule has 1 aromatic rings. The van der Waals surface area contributed by atoms with Crippen LogP contribution in [0.3, 0.4) is 0 Å². The summed E-state index contributed by atoms with van der Waals surface area (Å²) >= 11 is 0. The van der Waals surface area contributed by atoms with E-state index in [4.69, 9.17) is 9.47 Å². The second-order valence-electron chi connectivity index (χ2n) is 4.90. The van der Waals surface area contributed by atoms with Crippen molar-refractivity contribution in [2.75, 3.05) is 13.7 Å². The van der Waals surface area contributed by atoms with Gasteiger partial charge in [-0.3, -0.25) is 0 Å². The molecule has 1 atom stereocenters. The molecule has 1 rings (SSSR count). The number of hydrogen-bond donors (Lipinski definition) is 1. The van der Waals surface area contributed by atoms with Crippen molar-refractivity contribution in [3.05, 3.63) is 29.8 Å². The highest BCUT2D eigenvalue weighted by atomic mass is 16.5. The molecule has 0 saturated heterocycles. The Balaban J connectivity index is 2.71. The Bertz CT molecular complexity index is 413. The van der Waals surface area contributed by atoms with E-state index in [-0.39, 0.29) is 6.10 Å². The Morgan fingerprint density at radius 1 is 1.21 bits per heavy atom. The topological polar surface area (TPSA) is 30.5 Å². The number of benzene rings is 1. The van der Waals surface area contributed by atoms with Gasteiger partial charge in [0.25, 0.3) is 0 Å². The maximum atomic E-state index is 5.91. The minimum absolute atomic E-state index is 0.101. The first-order chi connectivity index (χ1) is 9.06. The number of ether oxygens (including phenoxy) is 2. The first-order valence-electron chi connectivity index (χ1n) is 6.77. The Morgan fingerprint density at radius 3 is 2.53 bits per heavy atom. The van der Waals surface area contributed by atoms with Crippen molar-refractivity contribution in [2.24, 2.45) is 0 Å². The van der Waals surface area contributed by atoms with E-state index in [9.17, 15) is 0 Å². The average molecular weight is 263 g/mol. The molecule has 0 saturated carbocycles. The summed E-state index contributed by atoms with van der Waals surface area (Å²) in [7, 11) is 1.67. The number of nitrogens with one attached hydrogen (secondary N) is 1. The third-order valence-electron chi connectivity index (χ3n) is 2.69. The SMILES string of the molecule is CC=Cc1ccc(OC(C)CNC(C)C)c(OC)c1. The molecule has 1 unspecified atom stereocenters. The number of rotatable bonds is 7. The second kappa shape index (κ2) is 7.85. The van der Waals surface area contributed by atoms with Crippen LogP contribution in [-0.2, 0) is 0 Å². The van der Waals surface area contributed by atoms with Gasteiger partial charge < -0.3 is 14.8 Å². The van der Waals surface area contributed by atoms with Crippen molar-refractivity contribution in [1.82, 2.24) is 5.32 Å². The van der Waals surface area contributed by atoms with Gasteiger partial charge in [-0.05, 0) is 31.5 Å². The summed E-state index contributed by atoms with van der Waals surface area (Å²) in [5, 5.41) is 3.36. The van der Waals surface area contributed by atoms with Crippen molar-refractivity contribution in [1.29, 1.82) is 0 Å². The van der Waals surface area contributed by atoms with Crippen molar-refractivity contribution in [3.8, 4) is 11.5 Å². The monoisotopic (exact) mass is 263 g/mol. The molecule has 1 aromatic carbocycles. The molecular formula is C16H25NO2. The fraction of sp³-hybridized carbons (Fsp3) is 0.500. The van der Waals surface area contributed by atoms with Crippen LogP contribution in [0.5, 0.6) is 11.5 Å². The minimum atomic E-state index is 0.101. The zero-order chi connectivity index (χ0) is 14.3. The molecule has 0 spiro atoms. The van der Waals surface area contributed by atoms with Crippen LogP contribution in [0.25, 0.3) is 6.08 Å². The van der Waals surface area contributed by atoms with E-state index in [0.29, 0.717) is 6.04 Å². The van der Waals surface area contributed by atoms with Gasteiger partial charge in [0.15, 0.2) is 11.5 Å². The summed E-state index contributed by atoms with van der Waals surface area (Å²) in [6, 6.07) is 6.43. The molecule has 0 radical (unpaired) electrons. The first kappa shape index (κ1) is 15.6. The van der Waals surface area contributed by atoms with Crippen LogP contribution in [0.4, 0.5) is 0 Å². The van der Waals surface area contributed by atoms with Gasteiger partial charge in [0.2, 0.25) is 0 Å². The smallest absolute Gasteiger partial charge is 0.161 e. The number of methoxy groups -OCH3 is 1. The standard InChI is InChI=1S/C16H25NO2/c1-6-7-14-8-9-15(16(10-14)18-5)19-13(4)11-17-12(2)3/h6-10,12-13,17H,11H2,1-5H3. The molecule has 0 amide bonds. The zero-order valence-electron chi connectivity index (χ0n) is 12.6. The summed E-state index contributed by atoms with van der Waals surface area (Å²) in [6.45, 7) is 9.11. The Morgan fingerprint density at radius 2 is 1.95 bits per heavy atom. The Hall–Kier alpha value is -1.48. The highest BCUT2D eigenvalue weighted by Crippen LogP contribution is 2.29. The average Bonchev–Trinajstić information content (AvgIpc) is 2.38. The predicted octanol–water partition coefficient (Wildman–Crippen LogP) is 3.49. The Labute approximate surface area is 116 Å². The minimum Gasteiger partial charge on any atom is -0.493 e. The fourth-order valence-electron chi connectivity index (χ4n) is 1.74. The molecule has 0 aliphatic carbocycles. The molecule has 106 valence electrons. The lowest BCUT2D eigenvalue weighted by Gasteiger charge is -2.19. The second-order valence-corrected chi connectivity index (χ2v) is 4.90. The summed E-state index contributed by atoms with van der Waals surface area (Å²) in [4.78, 5) is 0. The lowest BCUT2D eigenvalue weighted by Crippen LogP contribution is -2.33. The van der Waals surface area contributed by atoms with Crippen LogP contribution < -0.4 is 14.8 Å². The van der Waals surface area contributed by atoms with Gasteiger partial charge in [-0.25, -0.2) is 0 Å². The molecule has 3 nitrogen and oxygen atoms in total. The molecular weight excluding hydrogens is 238 g/mol. The third-order valence-corrected chi connectivity index (χ3v) is 2.69. The number of hydrogen-bond acceptors (Lipinski definition) is 3. The van der Waals surface area contributed by atoms with Gasteiger partial charge in [-0.2, -0.15) is 0 Å². The van der Waals surface area contributed by atoms with E-state index in [1.165, 1.54) is 0 Å². The molecule has 3 heteroatoms. The van der Waals surface area contributed by atoms with E-state index < -0.39 is 0 Å². The van der Waals surface area contributed by atoms with E-state index in [0.717, 1.165) is 23.6 Å². The van der Waals surface area contributed by atoms with Gasteiger partial charge in [0.1, 0.15) is 6.10 Å². The van der Waals surface area contributed by atoms with E-state index in [1.807, 2.05) is 37.3 Å². The summed E-state index contributed by atoms with van der Waals surface area (Å²) in [5.74, 6) is 1.56. The predicted molar refractivity (Wildman–Crippen MR) is 80.9 cm³/mol. The van der Waals surface area contributed by atoms with Crippen LogP contribution in [-0.4, -0.2) is 25.8 Å². The van der Waals surface area contributed by atoms with Gasteiger partial charge in [0.05, 0.1) is 7.11 Å². The maximum Gasteiger partial charge on any atom is 0.161 e. The van der Waals surface area contributed by atoms with Crippen molar-refractivity contribution in [2.45, 2.75) is 39.8 Å². The van der Waals surface area contributed by atoms with E-state index in [1.54, 1.807) is 7.11 Å². The van der Waals surface area contributed by atoms with Crippen LogP contribution >= 0.6 is 0 Å². The van der Waals surface area contributed by atoms with Gasteiger partial charge in [-0.1, -0.05) is 32.1 Å². The van der Waals surface area contributed by atoms with E-state index >= 15 is 0 Å². The molecule has 0 aromatic heterocycles. The highest BCUT2D eigenvalue weighted by molar-refractivity contribution is 5.55. The van der Waals surface area contributed by atoms with Gasteiger partial charge >= 0.3 is 0 Å². The molecule has 0 aliphatic rings. The summed E-state index contributed by atoms with van der Waals surface area (Å²) in [5.41, 5.74) is 1.11. The molecule has 19 heavy (non-hydrogen) atoms. The highest BCUT2D eigenvalue weighted by Gasteiger charge is 2.09. The van der Waals surface area contributed by atoms with Crippen LogP contribution in [0.1, 0.15) is 33.3 Å². The van der Waals surface area contributed by atoms with Gasteiger partial charge in [-0.15, -0.1) is 0 Å². The molecule has 0 heterocycles. The van der Waals surface area contributed by atoms with Gasteiger partial charge in [0, 0.05) is 12.6 Å². The molecule has 0 bridgehead atoms. The fourth-order valence-corrected chi connectivity index (χ4v) is 1.74. The number of allylic oxidation sites excluding steroid dienone is 1. The first-order valence-corrected chi connectivity index (χ1v) is 6.77. The van der Waals surface area contributed by atoms with Crippen LogP contribution in [0.15, 0.2) is 24.3 Å². The lowest BCUT2D eigenvalue weighted by molar-refractivity contribution is 0.204. The van der Waals surface area contributed by atoms with Crippen molar-refractivity contribution < 1.29 is 9.47 Å². The molecule has 1 N–H and O–H groups in total. The van der Waals surface area contributed by atoms with Crippen molar-refractivity contribution in [3.63, 3.8) is 0 Å². The Kier molecular flexibility index (Phi) is 6.43. The zero-order valence-corrected chi connectivity index (χ0v) is 12.6. The third kappa shape index (κ3) is 5.35. The quantitative estimate of drug-likeness (QED) is 0.817. The normalized spacial score (nSPS) is 12.9. The summed E-state index contributed by atoms with van der Waals surface area (Å²) in [6.07, 6.45) is 4.14. The van der Waals surface area contributed by atoms with Crippen LogP contribution in [0.2, 0.25) is 0 Å². The largest absolute Gasteiger partial charge is 0.493 e. The van der Waals surface area contributed by atoms with Crippen molar-refractivity contribution >= 4 is 6.08 Å². The molecule has 0 fully saturated rings. The lowest BCUT2D eigenvalue weighted by atomic mass is 10.2. The van der Waals surface area contributed by atoms with E-state index in [2.05, 4.69) is 26.1 Å². The maximum absolute atomic E-state index is 5.91.